The van der Waals surface area contributed by atoms with Crippen LogP contribution in [0.4, 0.5) is 0 Å². The number of ether oxygens (including phenoxy) is 1. The summed E-state index contributed by atoms with van der Waals surface area (Å²) >= 11 is 9.42. The van der Waals surface area contributed by atoms with Crippen molar-refractivity contribution in [3.63, 3.8) is 0 Å². The number of likely N-dealkylation sites (N-methyl/N-ethyl adjacent to an activating group) is 1. The second kappa shape index (κ2) is 7.24. The summed E-state index contributed by atoms with van der Waals surface area (Å²) in [7, 11) is 0. The van der Waals surface area contributed by atoms with E-state index in [0.717, 1.165) is 4.47 Å². The van der Waals surface area contributed by atoms with Crippen molar-refractivity contribution < 1.29 is 14.3 Å². The maximum Gasteiger partial charge on any atom is 0.256 e. The Balaban J connectivity index is 2.26. The van der Waals surface area contributed by atoms with Crippen LogP contribution < -0.4 is 5.32 Å². The Bertz CT molecular complexity index is 553. The van der Waals surface area contributed by atoms with Gasteiger partial charge in [0.25, 0.3) is 5.91 Å². The van der Waals surface area contributed by atoms with Gasteiger partial charge < -0.3 is 15.0 Å². The monoisotopic (exact) mass is 374 g/mol. The van der Waals surface area contributed by atoms with Crippen LogP contribution in [-0.2, 0) is 9.53 Å². The van der Waals surface area contributed by atoms with E-state index in [1.165, 1.54) is 4.90 Å². The Hall–Kier alpha value is -1.11. The summed E-state index contributed by atoms with van der Waals surface area (Å²) in [5, 5.41) is 3.09. The van der Waals surface area contributed by atoms with Gasteiger partial charge in [0.15, 0.2) is 0 Å². The molecular formula is C14H16BrClN2O3. The van der Waals surface area contributed by atoms with E-state index in [2.05, 4.69) is 21.2 Å². The van der Waals surface area contributed by atoms with Gasteiger partial charge in [-0.25, -0.2) is 0 Å². The second-order valence-electron chi connectivity index (χ2n) is 4.61. The first-order valence-corrected chi connectivity index (χ1v) is 7.83. The number of nitrogens with zero attached hydrogens (tertiary/aromatic N) is 1. The third-order valence-corrected chi connectivity index (χ3v) is 4.02. The van der Waals surface area contributed by atoms with E-state index in [1.807, 2.05) is 6.92 Å². The van der Waals surface area contributed by atoms with Gasteiger partial charge in [0.05, 0.1) is 23.8 Å². The third kappa shape index (κ3) is 3.75. The van der Waals surface area contributed by atoms with Crippen molar-refractivity contribution >= 4 is 39.3 Å². The van der Waals surface area contributed by atoms with Crippen LogP contribution in [0.15, 0.2) is 22.7 Å². The zero-order chi connectivity index (χ0) is 15.4. The highest BCUT2D eigenvalue weighted by Crippen LogP contribution is 2.24. The van der Waals surface area contributed by atoms with E-state index in [1.54, 1.807) is 18.2 Å². The maximum absolute atomic E-state index is 12.7. The molecule has 1 fully saturated rings. The van der Waals surface area contributed by atoms with Crippen molar-refractivity contribution in [2.24, 2.45) is 0 Å². The largest absolute Gasteiger partial charge is 0.377 e. The number of nitrogens with one attached hydrogen (secondary N) is 1. The Labute approximate surface area is 136 Å². The Morgan fingerprint density at radius 2 is 2.29 bits per heavy atom. The summed E-state index contributed by atoms with van der Waals surface area (Å²) in [6.45, 7) is 3.31. The summed E-state index contributed by atoms with van der Waals surface area (Å²) in [4.78, 5) is 26.3. The van der Waals surface area contributed by atoms with Gasteiger partial charge in [-0.3, -0.25) is 9.59 Å². The molecule has 114 valence electrons. The Morgan fingerprint density at radius 3 is 3.00 bits per heavy atom. The Morgan fingerprint density at radius 1 is 1.52 bits per heavy atom. The molecule has 0 aliphatic carbocycles. The number of amides is 2. The van der Waals surface area contributed by atoms with E-state index in [0.29, 0.717) is 30.3 Å². The summed E-state index contributed by atoms with van der Waals surface area (Å²) in [6, 6.07) is 4.45. The molecule has 0 aromatic heterocycles. The van der Waals surface area contributed by atoms with E-state index >= 15 is 0 Å². The molecule has 1 atom stereocenters. The van der Waals surface area contributed by atoms with Crippen molar-refractivity contribution in [1.29, 1.82) is 0 Å². The first-order chi connectivity index (χ1) is 10.0. The number of hydrogen-bond acceptors (Lipinski definition) is 3. The molecule has 1 aliphatic rings. The molecule has 0 spiro atoms. The van der Waals surface area contributed by atoms with Crippen LogP contribution in [0, 0.1) is 0 Å². The molecule has 1 aromatic rings. The van der Waals surface area contributed by atoms with Gasteiger partial charge in [-0.15, -0.1) is 0 Å². The molecule has 1 saturated heterocycles. The molecule has 1 unspecified atom stereocenters. The zero-order valence-corrected chi connectivity index (χ0v) is 13.9. The fourth-order valence-corrected chi connectivity index (χ4v) is 2.73. The van der Waals surface area contributed by atoms with Crippen molar-refractivity contribution in [2.75, 3.05) is 26.3 Å². The molecule has 1 heterocycles. The van der Waals surface area contributed by atoms with Gasteiger partial charge in [0.1, 0.15) is 6.04 Å². The van der Waals surface area contributed by atoms with Crippen molar-refractivity contribution in [2.45, 2.75) is 13.0 Å². The molecule has 21 heavy (non-hydrogen) atoms. The zero-order valence-electron chi connectivity index (χ0n) is 11.6. The lowest BCUT2D eigenvalue weighted by Crippen LogP contribution is -2.55. The van der Waals surface area contributed by atoms with Crippen LogP contribution in [0.2, 0.25) is 5.02 Å². The van der Waals surface area contributed by atoms with Crippen LogP contribution in [0.1, 0.15) is 17.3 Å². The van der Waals surface area contributed by atoms with Crippen LogP contribution in [0.3, 0.4) is 0 Å². The van der Waals surface area contributed by atoms with Gasteiger partial charge in [0, 0.05) is 17.6 Å². The van der Waals surface area contributed by atoms with Gasteiger partial charge in [-0.2, -0.15) is 0 Å². The minimum atomic E-state index is -0.624. The van der Waals surface area contributed by atoms with E-state index < -0.39 is 6.04 Å². The molecule has 0 radical (unpaired) electrons. The van der Waals surface area contributed by atoms with Crippen molar-refractivity contribution in [3.05, 3.63) is 33.3 Å². The summed E-state index contributed by atoms with van der Waals surface area (Å²) in [5.41, 5.74) is 0.377. The van der Waals surface area contributed by atoms with E-state index in [-0.39, 0.29) is 18.4 Å². The average molecular weight is 376 g/mol. The van der Waals surface area contributed by atoms with Gasteiger partial charge in [0.2, 0.25) is 5.91 Å². The van der Waals surface area contributed by atoms with Crippen molar-refractivity contribution in [1.82, 2.24) is 10.2 Å². The minimum Gasteiger partial charge on any atom is -0.377 e. The van der Waals surface area contributed by atoms with Gasteiger partial charge in [-0.05, 0) is 25.1 Å². The van der Waals surface area contributed by atoms with Gasteiger partial charge in [-0.1, -0.05) is 27.5 Å². The second-order valence-corrected chi connectivity index (χ2v) is 5.93. The molecule has 2 rings (SSSR count). The number of halogens is 2. The molecule has 1 N–H and O–H groups in total. The molecule has 0 bridgehead atoms. The SMILES string of the molecule is CCNC(=O)C1COCCN1C(=O)c1cc(Br)ccc1Cl. The summed E-state index contributed by atoms with van der Waals surface area (Å²) < 4.78 is 6.08. The topological polar surface area (TPSA) is 58.6 Å². The Kier molecular flexibility index (Phi) is 5.61. The maximum atomic E-state index is 12.7. The third-order valence-electron chi connectivity index (χ3n) is 3.20. The highest BCUT2D eigenvalue weighted by atomic mass is 79.9. The molecule has 5 nitrogen and oxygen atoms in total. The normalized spacial score (nSPS) is 18.4. The first kappa shape index (κ1) is 16.3. The molecule has 2 amide bonds. The van der Waals surface area contributed by atoms with Crippen LogP contribution in [0.25, 0.3) is 0 Å². The predicted molar refractivity (Wildman–Crippen MR) is 83.5 cm³/mol. The lowest BCUT2D eigenvalue weighted by atomic mass is 10.1. The number of carbonyl (C=O) groups is 2. The fourth-order valence-electron chi connectivity index (χ4n) is 2.17. The number of morpholine rings is 1. The molecule has 0 saturated carbocycles. The van der Waals surface area contributed by atoms with Crippen LogP contribution in [0.5, 0.6) is 0 Å². The number of rotatable bonds is 3. The molecule has 1 aliphatic heterocycles. The fraction of sp³-hybridized carbons (Fsp3) is 0.429. The highest BCUT2D eigenvalue weighted by molar-refractivity contribution is 9.10. The van der Waals surface area contributed by atoms with Gasteiger partial charge >= 0.3 is 0 Å². The lowest BCUT2D eigenvalue weighted by Gasteiger charge is -2.34. The first-order valence-electron chi connectivity index (χ1n) is 6.66. The van der Waals surface area contributed by atoms with Crippen molar-refractivity contribution in [3.8, 4) is 0 Å². The van der Waals surface area contributed by atoms with E-state index in [4.69, 9.17) is 16.3 Å². The minimum absolute atomic E-state index is 0.198. The number of hydrogen-bond donors (Lipinski definition) is 1. The summed E-state index contributed by atoms with van der Waals surface area (Å²) in [6.07, 6.45) is 0. The lowest BCUT2D eigenvalue weighted by molar-refractivity contribution is -0.130. The predicted octanol–water partition coefficient (Wildman–Crippen LogP) is 2.08. The molecular weight excluding hydrogens is 360 g/mol. The molecule has 7 heteroatoms. The number of benzene rings is 1. The number of carbonyl (C=O) groups excluding carboxylic acids is 2. The van der Waals surface area contributed by atoms with Crippen LogP contribution in [-0.4, -0.2) is 49.1 Å². The summed E-state index contributed by atoms with van der Waals surface area (Å²) in [5.74, 6) is -0.475. The standard InChI is InChI=1S/C14H16BrClN2O3/c1-2-17-13(19)12-8-21-6-5-18(12)14(20)10-7-9(15)3-4-11(10)16/h3-4,7,12H,2,5-6,8H2,1H3,(H,17,19). The highest BCUT2D eigenvalue weighted by Gasteiger charge is 2.33. The molecule has 1 aromatic carbocycles. The average Bonchev–Trinajstić information content (AvgIpc) is 2.49. The smallest absolute Gasteiger partial charge is 0.256 e. The quantitative estimate of drug-likeness (QED) is 0.880. The van der Waals surface area contributed by atoms with Crippen LogP contribution >= 0.6 is 27.5 Å². The van der Waals surface area contributed by atoms with E-state index in [9.17, 15) is 9.59 Å².